The van der Waals surface area contributed by atoms with Crippen LogP contribution >= 0.6 is 0 Å². The van der Waals surface area contributed by atoms with Gasteiger partial charge in [-0.05, 0) is 36.8 Å². The molecule has 1 atom stereocenters. The molecular formula is C20H18F2N2O4. The Balaban J connectivity index is 2.18. The van der Waals surface area contributed by atoms with Crippen LogP contribution in [0.1, 0.15) is 24.5 Å². The van der Waals surface area contributed by atoms with Crippen LogP contribution in [0, 0.1) is 23.0 Å². The Morgan fingerprint density at radius 2 is 1.93 bits per heavy atom. The van der Waals surface area contributed by atoms with Crippen LogP contribution in [0.5, 0.6) is 5.75 Å². The van der Waals surface area contributed by atoms with Crippen LogP contribution in [0.2, 0.25) is 0 Å². The van der Waals surface area contributed by atoms with Gasteiger partial charge in [0.05, 0.1) is 12.0 Å². The fourth-order valence-corrected chi connectivity index (χ4v) is 2.52. The summed E-state index contributed by atoms with van der Waals surface area (Å²) in [5.41, 5.74) is 0.558. The molecular weight excluding hydrogens is 370 g/mol. The molecule has 8 heteroatoms. The summed E-state index contributed by atoms with van der Waals surface area (Å²) >= 11 is 0. The Bertz CT molecular complexity index is 911. The molecule has 2 aromatic carbocycles. The van der Waals surface area contributed by atoms with Crippen molar-refractivity contribution in [3.8, 4) is 11.8 Å². The minimum Gasteiger partial charge on any atom is -0.481 e. The molecule has 2 aromatic rings. The molecule has 1 unspecified atom stereocenters. The van der Waals surface area contributed by atoms with E-state index in [1.165, 1.54) is 24.0 Å². The summed E-state index contributed by atoms with van der Waals surface area (Å²) in [6, 6.07) is 11.5. The van der Waals surface area contributed by atoms with E-state index in [0.29, 0.717) is 5.56 Å². The third kappa shape index (κ3) is 5.51. The number of nitrogens with zero attached hydrogens (tertiary/aromatic N) is 2. The van der Waals surface area contributed by atoms with Gasteiger partial charge in [-0.15, -0.1) is 0 Å². The number of halogens is 2. The fourth-order valence-electron chi connectivity index (χ4n) is 2.52. The molecule has 0 aromatic heterocycles. The van der Waals surface area contributed by atoms with Gasteiger partial charge in [0.2, 0.25) is 0 Å². The smallest absolute Gasteiger partial charge is 0.305 e. The third-order valence-electron chi connectivity index (χ3n) is 3.92. The molecule has 0 bridgehead atoms. The van der Waals surface area contributed by atoms with E-state index in [2.05, 4.69) is 0 Å². The van der Waals surface area contributed by atoms with Crippen molar-refractivity contribution in [3.63, 3.8) is 0 Å². The predicted octanol–water partition coefficient (Wildman–Crippen LogP) is 3.11. The van der Waals surface area contributed by atoms with E-state index in [-0.39, 0.29) is 30.8 Å². The topological polar surface area (TPSA) is 90.6 Å². The molecule has 0 saturated heterocycles. The second kappa shape index (κ2) is 9.46. The summed E-state index contributed by atoms with van der Waals surface area (Å²) in [6.07, 6.45) is -1.34. The highest BCUT2D eigenvalue weighted by molar-refractivity contribution is 5.81. The first-order valence-electron chi connectivity index (χ1n) is 8.42. The van der Waals surface area contributed by atoms with Gasteiger partial charge in [-0.3, -0.25) is 9.59 Å². The van der Waals surface area contributed by atoms with Crippen molar-refractivity contribution in [2.24, 2.45) is 0 Å². The number of hydrogen-bond acceptors (Lipinski definition) is 4. The lowest BCUT2D eigenvalue weighted by atomic mass is 10.1. The quantitative estimate of drug-likeness (QED) is 0.750. The van der Waals surface area contributed by atoms with Crippen LogP contribution in [0.3, 0.4) is 0 Å². The normalized spacial score (nSPS) is 11.4. The van der Waals surface area contributed by atoms with Gasteiger partial charge in [0.15, 0.2) is 17.7 Å². The summed E-state index contributed by atoms with van der Waals surface area (Å²) in [6.45, 7) is 1.22. The summed E-state index contributed by atoms with van der Waals surface area (Å²) in [4.78, 5) is 24.9. The van der Waals surface area contributed by atoms with Crippen molar-refractivity contribution >= 4 is 11.9 Å². The summed E-state index contributed by atoms with van der Waals surface area (Å²) in [5, 5.41) is 18.0. The maximum Gasteiger partial charge on any atom is 0.305 e. The summed E-state index contributed by atoms with van der Waals surface area (Å²) in [5.74, 6) is -3.51. The zero-order chi connectivity index (χ0) is 20.7. The molecule has 2 rings (SSSR count). The lowest BCUT2D eigenvalue weighted by molar-refractivity contribution is -0.141. The van der Waals surface area contributed by atoms with E-state index in [4.69, 9.17) is 15.1 Å². The Hall–Kier alpha value is -3.47. The highest BCUT2D eigenvalue weighted by atomic mass is 19.2. The van der Waals surface area contributed by atoms with Crippen LogP contribution < -0.4 is 4.74 Å². The van der Waals surface area contributed by atoms with Gasteiger partial charge in [-0.2, -0.15) is 5.26 Å². The Labute approximate surface area is 160 Å². The van der Waals surface area contributed by atoms with E-state index in [9.17, 15) is 18.4 Å². The van der Waals surface area contributed by atoms with Crippen molar-refractivity contribution in [2.75, 3.05) is 6.54 Å². The minimum atomic E-state index is -1.11. The summed E-state index contributed by atoms with van der Waals surface area (Å²) < 4.78 is 32.1. The molecule has 0 aliphatic carbocycles. The maximum absolute atomic E-state index is 13.4. The number of carboxylic acid groups (broad SMARTS) is 1. The molecule has 0 radical (unpaired) electrons. The number of benzene rings is 2. The number of carbonyl (C=O) groups is 2. The Morgan fingerprint density at radius 1 is 1.21 bits per heavy atom. The number of carbonyl (C=O) groups excluding carboxylic acids is 1. The van der Waals surface area contributed by atoms with Gasteiger partial charge in [0.1, 0.15) is 11.8 Å². The zero-order valence-electron chi connectivity index (χ0n) is 15.1. The number of amides is 1. The number of aliphatic carboxylic acids is 1. The standard InChI is InChI=1S/C20H18F2N2O4/c1-13(28-18-5-3-2-4-15(18)11-23)20(27)24(9-8-19(25)26)12-14-6-7-16(21)17(22)10-14/h2-7,10,13H,8-9,12H2,1H3,(H,25,26). The number of rotatable bonds is 8. The van der Waals surface area contributed by atoms with Crippen molar-refractivity contribution in [1.29, 1.82) is 5.26 Å². The van der Waals surface area contributed by atoms with Gasteiger partial charge >= 0.3 is 5.97 Å². The highest BCUT2D eigenvalue weighted by Gasteiger charge is 2.24. The second-order valence-corrected chi connectivity index (χ2v) is 6.02. The molecule has 0 fully saturated rings. The molecule has 1 amide bonds. The van der Waals surface area contributed by atoms with E-state index >= 15 is 0 Å². The maximum atomic E-state index is 13.4. The van der Waals surface area contributed by atoms with Gasteiger partial charge in [-0.1, -0.05) is 18.2 Å². The minimum absolute atomic E-state index is 0.114. The SMILES string of the molecule is CC(Oc1ccccc1C#N)C(=O)N(CCC(=O)O)Cc1ccc(F)c(F)c1. The molecule has 0 aliphatic rings. The van der Waals surface area contributed by atoms with Gasteiger partial charge in [-0.25, -0.2) is 8.78 Å². The lowest BCUT2D eigenvalue weighted by Crippen LogP contribution is -2.41. The van der Waals surface area contributed by atoms with E-state index in [1.807, 2.05) is 6.07 Å². The first-order valence-corrected chi connectivity index (χ1v) is 8.42. The number of carboxylic acids is 1. The number of para-hydroxylation sites is 1. The average Bonchev–Trinajstić information content (AvgIpc) is 2.67. The van der Waals surface area contributed by atoms with Crippen LogP contribution in [-0.4, -0.2) is 34.5 Å². The molecule has 0 heterocycles. The second-order valence-electron chi connectivity index (χ2n) is 6.02. The first-order chi connectivity index (χ1) is 13.3. The molecule has 0 aliphatic heterocycles. The third-order valence-corrected chi connectivity index (χ3v) is 3.92. The average molecular weight is 388 g/mol. The Morgan fingerprint density at radius 3 is 2.57 bits per heavy atom. The monoisotopic (exact) mass is 388 g/mol. The molecule has 146 valence electrons. The van der Waals surface area contributed by atoms with Crippen LogP contribution in [0.4, 0.5) is 8.78 Å². The van der Waals surface area contributed by atoms with E-state index in [1.54, 1.807) is 18.2 Å². The lowest BCUT2D eigenvalue weighted by Gasteiger charge is -2.26. The number of hydrogen-bond donors (Lipinski definition) is 1. The largest absolute Gasteiger partial charge is 0.481 e. The molecule has 28 heavy (non-hydrogen) atoms. The summed E-state index contributed by atoms with van der Waals surface area (Å²) in [7, 11) is 0. The van der Waals surface area contributed by atoms with Gasteiger partial charge in [0, 0.05) is 13.1 Å². The van der Waals surface area contributed by atoms with Crippen molar-refractivity contribution in [2.45, 2.75) is 26.0 Å². The van der Waals surface area contributed by atoms with E-state index in [0.717, 1.165) is 12.1 Å². The van der Waals surface area contributed by atoms with Gasteiger partial charge < -0.3 is 14.7 Å². The zero-order valence-corrected chi connectivity index (χ0v) is 15.1. The van der Waals surface area contributed by atoms with Crippen LogP contribution in [0.25, 0.3) is 0 Å². The van der Waals surface area contributed by atoms with E-state index < -0.39 is 29.6 Å². The van der Waals surface area contributed by atoms with Crippen molar-refractivity contribution in [3.05, 3.63) is 65.2 Å². The number of ether oxygens (including phenoxy) is 1. The molecule has 6 nitrogen and oxygen atoms in total. The van der Waals surface area contributed by atoms with Gasteiger partial charge in [0.25, 0.3) is 5.91 Å². The van der Waals surface area contributed by atoms with Crippen molar-refractivity contribution < 1.29 is 28.2 Å². The van der Waals surface area contributed by atoms with Crippen LogP contribution in [-0.2, 0) is 16.1 Å². The molecule has 0 saturated carbocycles. The fraction of sp³-hybridized carbons (Fsp3) is 0.250. The molecule has 0 spiro atoms. The number of nitriles is 1. The van der Waals surface area contributed by atoms with Crippen LogP contribution in [0.15, 0.2) is 42.5 Å². The van der Waals surface area contributed by atoms with Crippen molar-refractivity contribution in [1.82, 2.24) is 4.90 Å². The Kier molecular flexibility index (Phi) is 7.04. The predicted molar refractivity (Wildman–Crippen MR) is 95.3 cm³/mol. The highest BCUT2D eigenvalue weighted by Crippen LogP contribution is 2.19. The molecule has 1 N–H and O–H groups in total. The first kappa shape index (κ1) is 20.8.